The number of carbonyl (C=O) groups is 2. The molecule has 0 aromatic heterocycles. The van der Waals surface area contributed by atoms with Gasteiger partial charge in [-0.2, -0.15) is 13.2 Å². The van der Waals surface area contributed by atoms with Crippen LogP contribution in [-0.4, -0.2) is 30.1 Å². The summed E-state index contributed by atoms with van der Waals surface area (Å²) in [6.07, 6.45) is -3.21. The molecule has 0 saturated heterocycles. The molecule has 0 saturated carbocycles. The zero-order valence-corrected chi connectivity index (χ0v) is 14.1. The molecule has 0 heterocycles. The number of hydrogen-bond acceptors (Lipinski definition) is 3. The van der Waals surface area contributed by atoms with E-state index in [0.717, 1.165) is 12.1 Å². The largest absolute Gasteiger partial charge is 0.416 e. The Morgan fingerprint density at radius 3 is 2.19 bits per heavy atom. The van der Waals surface area contributed by atoms with Gasteiger partial charge in [0, 0.05) is 12.1 Å². The fourth-order valence-electron chi connectivity index (χ4n) is 2.14. The summed E-state index contributed by atoms with van der Waals surface area (Å²) < 4.78 is 37.9. The van der Waals surface area contributed by atoms with Gasteiger partial charge < -0.3 is 15.7 Å². The van der Waals surface area contributed by atoms with E-state index in [-0.39, 0.29) is 18.8 Å². The van der Waals surface area contributed by atoms with E-state index in [2.05, 4.69) is 10.6 Å². The molecule has 0 spiro atoms. The fourth-order valence-corrected chi connectivity index (χ4v) is 2.14. The van der Waals surface area contributed by atoms with E-state index in [9.17, 15) is 22.8 Å². The molecular weight excluding hydrogens is 361 g/mol. The van der Waals surface area contributed by atoms with Gasteiger partial charge in [0.2, 0.25) is 0 Å². The van der Waals surface area contributed by atoms with Gasteiger partial charge in [0.05, 0.1) is 12.2 Å². The monoisotopic (exact) mass is 378 g/mol. The molecule has 0 unspecified atom stereocenters. The van der Waals surface area contributed by atoms with E-state index < -0.39 is 23.6 Å². The number of carbonyl (C=O) groups excluding carboxylic acids is 2. The maximum absolute atomic E-state index is 12.6. The first-order valence-electron chi connectivity index (χ1n) is 7.95. The zero-order valence-electron chi connectivity index (χ0n) is 14.1. The Bertz CT molecular complexity index is 816. The maximum atomic E-state index is 12.6. The molecule has 2 aromatic carbocycles. The highest BCUT2D eigenvalue weighted by atomic mass is 19.4. The summed E-state index contributed by atoms with van der Waals surface area (Å²) in [6.45, 7) is -0.337. The second-order valence-electron chi connectivity index (χ2n) is 5.48. The Morgan fingerprint density at radius 2 is 1.63 bits per heavy atom. The number of halogens is 3. The van der Waals surface area contributed by atoms with Crippen molar-refractivity contribution in [3.05, 3.63) is 77.0 Å². The second kappa shape index (κ2) is 9.00. The second-order valence-corrected chi connectivity index (χ2v) is 5.48. The number of rotatable bonds is 6. The van der Waals surface area contributed by atoms with E-state index in [1.807, 2.05) is 0 Å². The van der Waals surface area contributed by atoms with Crippen molar-refractivity contribution in [2.45, 2.75) is 6.18 Å². The molecular formula is C19H17F3N2O3. The third-order valence-electron chi connectivity index (χ3n) is 3.48. The molecule has 0 atom stereocenters. The average Bonchev–Trinajstić information content (AvgIpc) is 2.66. The third kappa shape index (κ3) is 5.96. The van der Waals surface area contributed by atoms with E-state index in [1.165, 1.54) is 18.2 Å². The van der Waals surface area contributed by atoms with Crippen LogP contribution >= 0.6 is 0 Å². The number of alkyl halides is 3. The van der Waals surface area contributed by atoms with Crippen LogP contribution in [0, 0.1) is 0 Å². The number of aliphatic hydroxyl groups excluding tert-OH is 1. The third-order valence-corrected chi connectivity index (χ3v) is 3.48. The predicted octanol–water partition coefficient (Wildman–Crippen LogP) is 2.58. The molecule has 0 bridgehead atoms. The lowest BCUT2D eigenvalue weighted by Gasteiger charge is -2.11. The SMILES string of the molecule is O=C(NCCO)/C(=C/c1ccc(C(F)(F)F)cc1)NC(=O)c1ccccc1. The number of amides is 2. The van der Waals surface area contributed by atoms with Crippen molar-refractivity contribution >= 4 is 17.9 Å². The highest BCUT2D eigenvalue weighted by Gasteiger charge is 2.29. The number of nitrogens with one attached hydrogen (secondary N) is 2. The first-order valence-corrected chi connectivity index (χ1v) is 7.95. The van der Waals surface area contributed by atoms with Gasteiger partial charge in [-0.1, -0.05) is 30.3 Å². The molecule has 5 nitrogen and oxygen atoms in total. The molecule has 2 rings (SSSR count). The quantitative estimate of drug-likeness (QED) is 0.676. The first kappa shape index (κ1) is 20.2. The normalized spacial score (nSPS) is 11.8. The van der Waals surface area contributed by atoms with Crippen molar-refractivity contribution in [1.82, 2.24) is 10.6 Å². The van der Waals surface area contributed by atoms with Gasteiger partial charge in [0.15, 0.2) is 0 Å². The molecule has 0 radical (unpaired) electrons. The van der Waals surface area contributed by atoms with Gasteiger partial charge in [-0.3, -0.25) is 9.59 Å². The number of hydrogen-bond donors (Lipinski definition) is 3. The molecule has 0 aliphatic rings. The Labute approximate surface area is 153 Å². The molecule has 27 heavy (non-hydrogen) atoms. The minimum Gasteiger partial charge on any atom is -0.395 e. The van der Waals surface area contributed by atoms with Gasteiger partial charge in [-0.25, -0.2) is 0 Å². The molecule has 0 fully saturated rings. The maximum Gasteiger partial charge on any atom is 0.416 e. The van der Waals surface area contributed by atoms with Gasteiger partial charge in [-0.05, 0) is 35.9 Å². The van der Waals surface area contributed by atoms with Crippen molar-refractivity contribution < 1.29 is 27.9 Å². The lowest BCUT2D eigenvalue weighted by atomic mass is 10.1. The summed E-state index contributed by atoms with van der Waals surface area (Å²) in [7, 11) is 0. The lowest BCUT2D eigenvalue weighted by Crippen LogP contribution is -2.36. The fraction of sp³-hybridized carbons (Fsp3) is 0.158. The summed E-state index contributed by atoms with van der Waals surface area (Å²) >= 11 is 0. The minimum atomic E-state index is -4.47. The van der Waals surface area contributed by atoms with Crippen molar-refractivity contribution in [3.8, 4) is 0 Å². The first-order chi connectivity index (χ1) is 12.8. The van der Waals surface area contributed by atoms with Crippen LogP contribution in [0.4, 0.5) is 13.2 Å². The minimum absolute atomic E-state index is 0.0373. The summed E-state index contributed by atoms with van der Waals surface area (Å²) in [4.78, 5) is 24.5. The highest BCUT2D eigenvalue weighted by Crippen LogP contribution is 2.29. The van der Waals surface area contributed by atoms with Crippen LogP contribution in [0.25, 0.3) is 6.08 Å². The van der Waals surface area contributed by atoms with Crippen LogP contribution < -0.4 is 10.6 Å². The van der Waals surface area contributed by atoms with Crippen LogP contribution in [-0.2, 0) is 11.0 Å². The Hall–Kier alpha value is -3.13. The molecule has 2 aromatic rings. The van der Waals surface area contributed by atoms with Gasteiger partial charge in [0.25, 0.3) is 11.8 Å². The average molecular weight is 378 g/mol. The van der Waals surface area contributed by atoms with Gasteiger partial charge in [-0.15, -0.1) is 0 Å². The van der Waals surface area contributed by atoms with Gasteiger partial charge >= 0.3 is 6.18 Å². The van der Waals surface area contributed by atoms with Crippen LogP contribution in [0.1, 0.15) is 21.5 Å². The topological polar surface area (TPSA) is 78.4 Å². The van der Waals surface area contributed by atoms with Crippen LogP contribution in [0.15, 0.2) is 60.3 Å². The standard InChI is InChI=1S/C19H17F3N2O3/c20-19(21,22)15-8-6-13(7-9-15)12-16(18(27)23-10-11-25)24-17(26)14-4-2-1-3-5-14/h1-9,12,25H,10-11H2,(H,23,27)(H,24,26)/b16-12-. The summed E-state index contributed by atoms with van der Waals surface area (Å²) in [6, 6.07) is 12.3. The van der Waals surface area contributed by atoms with Crippen molar-refractivity contribution in [3.63, 3.8) is 0 Å². The van der Waals surface area contributed by atoms with Crippen molar-refractivity contribution in [2.24, 2.45) is 0 Å². The van der Waals surface area contributed by atoms with Crippen LogP contribution in [0.2, 0.25) is 0 Å². The van der Waals surface area contributed by atoms with E-state index in [1.54, 1.807) is 30.3 Å². The van der Waals surface area contributed by atoms with Crippen LogP contribution in [0.3, 0.4) is 0 Å². The lowest BCUT2D eigenvalue weighted by molar-refractivity contribution is -0.137. The Morgan fingerprint density at radius 1 is 1.00 bits per heavy atom. The van der Waals surface area contributed by atoms with E-state index in [0.29, 0.717) is 11.1 Å². The molecule has 3 N–H and O–H groups in total. The number of benzene rings is 2. The molecule has 0 aliphatic carbocycles. The van der Waals surface area contributed by atoms with Crippen molar-refractivity contribution in [2.75, 3.05) is 13.2 Å². The summed E-state index contributed by atoms with van der Waals surface area (Å²) in [5.74, 6) is -1.22. The van der Waals surface area contributed by atoms with Crippen molar-refractivity contribution in [1.29, 1.82) is 0 Å². The smallest absolute Gasteiger partial charge is 0.395 e. The predicted molar refractivity (Wildman–Crippen MR) is 93.4 cm³/mol. The number of aliphatic hydroxyl groups is 1. The summed E-state index contributed by atoms with van der Waals surface area (Å²) in [5.41, 5.74) is -0.368. The zero-order chi connectivity index (χ0) is 19.9. The van der Waals surface area contributed by atoms with E-state index >= 15 is 0 Å². The molecule has 142 valence electrons. The molecule has 8 heteroatoms. The molecule has 2 amide bonds. The highest BCUT2D eigenvalue weighted by molar-refractivity contribution is 6.05. The molecule has 0 aliphatic heterocycles. The van der Waals surface area contributed by atoms with E-state index in [4.69, 9.17) is 5.11 Å². The van der Waals surface area contributed by atoms with Crippen LogP contribution in [0.5, 0.6) is 0 Å². The summed E-state index contributed by atoms with van der Waals surface area (Å²) in [5, 5.41) is 13.7. The van der Waals surface area contributed by atoms with Gasteiger partial charge in [0.1, 0.15) is 5.70 Å². The Balaban J connectivity index is 2.27. The Kier molecular flexibility index (Phi) is 6.73.